The van der Waals surface area contributed by atoms with E-state index >= 15 is 0 Å². The number of fused-ring (bicyclic) bond motifs is 1. The third kappa shape index (κ3) is 2.81. The van der Waals surface area contributed by atoms with E-state index in [4.69, 9.17) is 5.10 Å². The molecule has 0 unspecified atom stereocenters. The van der Waals surface area contributed by atoms with Crippen LogP contribution in [0.4, 0.5) is 0 Å². The average molecular weight is 259 g/mol. The molecule has 0 aliphatic heterocycles. The minimum Gasteiger partial charge on any atom is -0.306 e. The molecule has 1 N–H and O–H groups in total. The highest BCUT2D eigenvalue weighted by Crippen LogP contribution is 2.20. The molecule has 0 aliphatic carbocycles. The zero-order chi connectivity index (χ0) is 13.9. The van der Waals surface area contributed by atoms with Crippen LogP contribution in [0.25, 0.3) is 10.9 Å². The van der Waals surface area contributed by atoms with Crippen LogP contribution in [0.2, 0.25) is 0 Å². The molecule has 0 radical (unpaired) electrons. The van der Waals surface area contributed by atoms with Gasteiger partial charge in [0.2, 0.25) is 0 Å². The Labute approximate surface area is 116 Å². The van der Waals surface area contributed by atoms with E-state index in [-0.39, 0.29) is 5.54 Å². The van der Waals surface area contributed by atoms with Crippen molar-refractivity contribution in [2.24, 2.45) is 0 Å². The molecule has 3 heteroatoms. The third-order valence-electron chi connectivity index (χ3n) is 4.28. The van der Waals surface area contributed by atoms with Crippen LogP contribution in [0.5, 0.6) is 0 Å². The van der Waals surface area contributed by atoms with Crippen molar-refractivity contribution in [3.63, 3.8) is 0 Å². The summed E-state index contributed by atoms with van der Waals surface area (Å²) in [5.41, 5.74) is 2.60. The van der Waals surface area contributed by atoms with E-state index in [0.717, 1.165) is 31.6 Å². The molecule has 1 heterocycles. The summed E-state index contributed by atoms with van der Waals surface area (Å²) in [4.78, 5) is 0. The first-order valence-corrected chi connectivity index (χ1v) is 7.33. The summed E-state index contributed by atoms with van der Waals surface area (Å²) in [6.45, 7) is 10.6. The molecule has 19 heavy (non-hydrogen) atoms. The van der Waals surface area contributed by atoms with Crippen LogP contribution >= 0.6 is 0 Å². The minimum absolute atomic E-state index is 0.205. The molecule has 0 spiro atoms. The summed E-state index contributed by atoms with van der Waals surface area (Å²) in [6.07, 6.45) is 2.27. The molecule has 0 atom stereocenters. The van der Waals surface area contributed by atoms with Crippen molar-refractivity contribution in [1.82, 2.24) is 15.1 Å². The Kier molecular flexibility index (Phi) is 4.25. The lowest BCUT2D eigenvalue weighted by atomic mass is 9.95. The summed E-state index contributed by atoms with van der Waals surface area (Å²) in [5.74, 6) is 0. The third-order valence-corrected chi connectivity index (χ3v) is 4.28. The van der Waals surface area contributed by atoms with Crippen molar-refractivity contribution >= 4 is 10.9 Å². The van der Waals surface area contributed by atoms with Gasteiger partial charge in [-0.3, -0.25) is 4.68 Å². The van der Waals surface area contributed by atoms with E-state index in [1.54, 1.807) is 0 Å². The first kappa shape index (κ1) is 14.1. The van der Waals surface area contributed by atoms with Gasteiger partial charge in [-0.25, -0.2) is 0 Å². The van der Waals surface area contributed by atoms with Crippen LogP contribution in [0, 0.1) is 0 Å². The zero-order valence-corrected chi connectivity index (χ0v) is 12.5. The molecule has 1 aromatic carbocycles. The van der Waals surface area contributed by atoms with E-state index < -0.39 is 0 Å². The second kappa shape index (κ2) is 5.74. The standard InChI is InChI=1S/C16H25N3/c1-5-16(4,6-2)17-12-14-13-10-8-9-11-15(13)19(7-3)18-14/h8-11,17H,5-7,12H2,1-4H3. The second-order valence-corrected chi connectivity index (χ2v) is 5.40. The van der Waals surface area contributed by atoms with E-state index in [1.165, 1.54) is 10.9 Å². The smallest absolute Gasteiger partial charge is 0.0841 e. The van der Waals surface area contributed by atoms with Crippen LogP contribution in [0.3, 0.4) is 0 Å². The molecule has 104 valence electrons. The van der Waals surface area contributed by atoms with Gasteiger partial charge in [0, 0.05) is 24.0 Å². The Hall–Kier alpha value is -1.35. The summed E-state index contributed by atoms with van der Waals surface area (Å²) in [6, 6.07) is 8.48. The van der Waals surface area contributed by atoms with Gasteiger partial charge in [0.1, 0.15) is 0 Å². The van der Waals surface area contributed by atoms with Crippen LogP contribution in [-0.2, 0) is 13.1 Å². The molecule has 2 aromatic rings. The Balaban J connectivity index is 2.26. The molecule has 2 rings (SSSR count). The number of nitrogens with zero attached hydrogens (tertiary/aromatic N) is 2. The molecule has 0 fully saturated rings. The molecule has 0 saturated heterocycles. The molecule has 3 nitrogen and oxygen atoms in total. The second-order valence-electron chi connectivity index (χ2n) is 5.40. The average Bonchev–Trinajstić information content (AvgIpc) is 2.83. The fourth-order valence-electron chi connectivity index (χ4n) is 2.36. The number of benzene rings is 1. The Morgan fingerprint density at radius 1 is 1.16 bits per heavy atom. The lowest BCUT2D eigenvalue weighted by Crippen LogP contribution is -2.40. The number of nitrogens with one attached hydrogen (secondary N) is 1. The van der Waals surface area contributed by atoms with E-state index in [1.807, 2.05) is 0 Å². The minimum atomic E-state index is 0.205. The molecule has 1 aromatic heterocycles. The monoisotopic (exact) mass is 259 g/mol. The highest BCUT2D eigenvalue weighted by atomic mass is 15.3. The van der Waals surface area contributed by atoms with Gasteiger partial charge in [0.25, 0.3) is 0 Å². The molecular formula is C16H25N3. The number of hydrogen-bond donors (Lipinski definition) is 1. The maximum Gasteiger partial charge on any atom is 0.0841 e. The van der Waals surface area contributed by atoms with Gasteiger partial charge in [-0.2, -0.15) is 5.10 Å². The van der Waals surface area contributed by atoms with Crippen LogP contribution < -0.4 is 5.32 Å². The summed E-state index contributed by atoms with van der Waals surface area (Å²) in [7, 11) is 0. The van der Waals surface area contributed by atoms with Gasteiger partial charge >= 0.3 is 0 Å². The van der Waals surface area contributed by atoms with E-state index in [9.17, 15) is 0 Å². The first-order chi connectivity index (χ1) is 9.13. The number of aromatic nitrogens is 2. The highest BCUT2D eigenvalue weighted by Gasteiger charge is 2.19. The Morgan fingerprint density at radius 3 is 2.47 bits per heavy atom. The van der Waals surface area contributed by atoms with Gasteiger partial charge in [-0.15, -0.1) is 0 Å². The van der Waals surface area contributed by atoms with Crippen molar-refractivity contribution in [2.75, 3.05) is 0 Å². The van der Waals surface area contributed by atoms with Crippen LogP contribution in [0.1, 0.15) is 46.2 Å². The molecular weight excluding hydrogens is 234 g/mol. The maximum atomic E-state index is 4.73. The van der Waals surface area contributed by atoms with Gasteiger partial charge < -0.3 is 5.32 Å². The molecule has 0 bridgehead atoms. The van der Waals surface area contributed by atoms with E-state index in [0.29, 0.717) is 0 Å². The topological polar surface area (TPSA) is 29.9 Å². The number of aryl methyl sites for hydroxylation is 1. The summed E-state index contributed by atoms with van der Waals surface area (Å²) < 4.78 is 2.08. The van der Waals surface area contributed by atoms with Crippen molar-refractivity contribution in [1.29, 1.82) is 0 Å². The van der Waals surface area contributed by atoms with Crippen LogP contribution in [0.15, 0.2) is 24.3 Å². The molecule has 0 saturated carbocycles. The van der Waals surface area contributed by atoms with Crippen molar-refractivity contribution < 1.29 is 0 Å². The number of para-hydroxylation sites is 1. The zero-order valence-electron chi connectivity index (χ0n) is 12.5. The molecule has 0 amide bonds. The lowest BCUT2D eigenvalue weighted by molar-refractivity contribution is 0.327. The van der Waals surface area contributed by atoms with Crippen molar-refractivity contribution in [3.8, 4) is 0 Å². The van der Waals surface area contributed by atoms with Gasteiger partial charge in [0.15, 0.2) is 0 Å². The van der Waals surface area contributed by atoms with E-state index in [2.05, 4.69) is 62.0 Å². The first-order valence-electron chi connectivity index (χ1n) is 7.33. The fourth-order valence-corrected chi connectivity index (χ4v) is 2.36. The number of rotatable bonds is 6. The maximum absolute atomic E-state index is 4.73. The summed E-state index contributed by atoms with van der Waals surface area (Å²) >= 11 is 0. The Bertz CT molecular complexity index is 538. The van der Waals surface area contributed by atoms with Gasteiger partial charge in [-0.05, 0) is 32.8 Å². The van der Waals surface area contributed by atoms with Crippen molar-refractivity contribution in [2.45, 2.75) is 59.2 Å². The molecule has 0 aliphatic rings. The number of hydrogen-bond acceptors (Lipinski definition) is 2. The largest absolute Gasteiger partial charge is 0.306 e. The van der Waals surface area contributed by atoms with Gasteiger partial charge in [-0.1, -0.05) is 32.0 Å². The fraction of sp³-hybridized carbons (Fsp3) is 0.562. The Morgan fingerprint density at radius 2 is 1.84 bits per heavy atom. The predicted octanol–water partition coefficient (Wildman–Crippen LogP) is 3.72. The lowest BCUT2D eigenvalue weighted by Gasteiger charge is -2.28. The van der Waals surface area contributed by atoms with Gasteiger partial charge in [0.05, 0.1) is 11.2 Å². The van der Waals surface area contributed by atoms with Crippen molar-refractivity contribution in [3.05, 3.63) is 30.0 Å². The quantitative estimate of drug-likeness (QED) is 0.856. The highest BCUT2D eigenvalue weighted by molar-refractivity contribution is 5.81. The summed E-state index contributed by atoms with van der Waals surface area (Å²) in [5, 5.41) is 9.67. The SMILES string of the molecule is CCn1nc(CNC(C)(CC)CC)c2ccccc21. The normalized spacial score (nSPS) is 12.2. The predicted molar refractivity (Wildman–Crippen MR) is 81.2 cm³/mol. The van der Waals surface area contributed by atoms with Crippen LogP contribution in [-0.4, -0.2) is 15.3 Å².